The van der Waals surface area contributed by atoms with Gasteiger partial charge in [-0.3, -0.25) is 4.79 Å². The molecule has 16 heavy (non-hydrogen) atoms. The average Bonchev–Trinajstić information content (AvgIpc) is 2.60. The molecule has 0 aromatic carbocycles. The third kappa shape index (κ3) is 2.74. The second kappa shape index (κ2) is 5.15. The molecule has 0 aromatic rings. The predicted octanol–water partition coefficient (Wildman–Crippen LogP) is 0.278. The van der Waals surface area contributed by atoms with Gasteiger partial charge in [0.2, 0.25) is 5.91 Å². The number of likely N-dealkylation sites (tertiary alicyclic amines) is 2. The summed E-state index contributed by atoms with van der Waals surface area (Å²) in [5.74, 6) is 0.966. The molecule has 1 atom stereocenters. The van der Waals surface area contributed by atoms with Crippen LogP contribution in [0.15, 0.2) is 0 Å². The summed E-state index contributed by atoms with van der Waals surface area (Å²) in [5.41, 5.74) is 5.70. The highest BCUT2D eigenvalue weighted by atomic mass is 16.2. The molecule has 0 radical (unpaired) electrons. The van der Waals surface area contributed by atoms with Gasteiger partial charge in [-0.05, 0) is 51.7 Å². The van der Waals surface area contributed by atoms with Crippen LogP contribution >= 0.6 is 0 Å². The zero-order valence-corrected chi connectivity index (χ0v) is 10.2. The SMILES string of the molecule is CN1CCC(CCN2CCC(N)C2=O)CC1. The average molecular weight is 225 g/mol. The number of carbonyl (C=O) groups is 1. The molecule has 2 rings (SSSR count). The topological polar surface area (TPSA) is 49.6 Å². The van der Waals surface area contributed by atoms with Crippen LogP contribution in [0.2, 0.25) is 0 Å². The van der Waals surface area contributed by atoms with Gasteiger partial charge in [0.05, 0.1) is 6.04 Å². The van der Waals surface area contributed by atoms with Crippen LogP contribution in [0.25, 0.3) is 0 Å². The predicted molar refractivity (Wildman–Crippen MR) is 64.0 cm³/mol. The van der Waals surface area contributed by atoms with Crippen molar-refractivity contribution in [2.75, 3.05) is 33.2 Å². The fraction of sp³-hybridized carbons (Fsp3) is 0.917. The highest BCUT2D eigenvalue weighted by Gasteiger charge is 2.28. The maximum atomic E-state index is 11.6. The van der Waals surface area contributed by atoms with Crippen LogP contribution in [-0.2, 0) is 4.79 Å². The summed E-state index contributed by atoms with van der Waals surface area (Å²) in [7, 11) is 2.18. The molecule has 2 fully saturated rings. The Bertz CT molecular complexity index is 249. The molecule has 4 heteroatoms. The number of amides is 1. The lowest BCUT2D eigenvalue weighted by Gasteiger charge is -2.30. The largest absolute Gasteiger partial charge is 0.341 e. The molecule has 92 valence electrons. The van der Waals surface area contributed by atoms with E-state index in [0.29, 0.717) is 0 Å². The second-order valence-corrected chi connectivity index (χ2v) is 5.26. The first-order chi connectivity index (χ1) is 7.66. The number of piperidine rings is 1. The van der Waals surface area contributed by atoms with E-state index in [9.17, 15) is 4.79 Å². The second-order valence-electron chi connectivity index (χ2n) is 5.26. The number of nitrogens with two attached hydrogens (primary N) is 1. The van der Waals surface area contributed by atoms with Crippen molar-refractivity contribution in [3.05, 3.63) is 0 Å². The van der Waals surface area contributed by atoms with Gasteiger partial charge in [-0.2, -0.15) is 0 Å². The molecule has 1 unspecified atom stereocenters. The Hall–Kier alpha value is -0.610. The van der Waals surface area contributed by atoms with Crippen molar-refractivity contribution in [2.45, 2.75) is 31.7 Å². The first-order valence-electron chi connectivity index (χ1n) is 6.39. The third-order valence-electron chi connectivity index (χ3n) is 3.98. The van der Waals surface area contributed by atoms with Gasteiger partial charge in [0.25, 0.3) is 0 Å². The quantitative estimate of drug-likeness (QED) is 0.750. The Labute approximate surface area is 97.8 Å². The molecule has 2 heterocycles. The number of carbonyl (C=O) groups excluding carboxylic acids is 1. The van der Waals surface area contributed by atoms with Gasteiger partial charge in [-0.1, -0.05) is 0 Å². The van der Waals surface area contributed by atoms with Crippen LogP contribution in [0.3, 0.4) is 0 Å². The molecule has 0 aliphatic carbocycles. The number of hydrogen-bond acceptors (Lipinski definition) is 3. The minimum atomic E-state index is -0.225. The monoisotopic (exact) mass is 225 g/mol. The first kappa shape index (κ1) is 11.9. The molecule has 2 N–H and O–H groups in total. The zero-order chi connectivity index (χ0) is 11.5. The molecule has 0 aromatic heterocycles. The first-order valence-corrected chi connectivity index (χ1v) is 6.39. The fourth-order valence-corrected chi connectivity index (χ4v) is 2.67. The molecule has 2 aliphatic rings. The maximum absolute atomic E-state index is 11.6. The van der Waals surface area contributed by atoms with Crippen LogP contribution in [0, 0.1) is 5.92 Å². The van der Waals surface area contributed by atoms with Crippen LogP contribution in [0.4, 0.5) is 0 Å². The Morgan fingerprint density at radius 2 is 1.94 bits per heavy atom. The van der Waals surface area contributed by atoms with Crippen molar-refractivity contribution in [3.8, 4) is 0 Å². The minimum Gasteiger partial charge on any atom is -0.341 e. The fourth-order valence-electron chi connectivity index (χ4n) is 2.67. The summed E-state index contributed by atoms with van der Waals surface area (Å²) in [6, 6.07) is -0.225. The van der Waals surface area contributed by atoms with Gasteiger partial charge < -0.3 is 15.5 Å². The van der Waals surface area contributed by atoms with Crippen molar-refractivity contribution in [1.82, 2.24) is 9.80 Å². The highest BCUT2D eigenvalue weighted by Crippen LogP contribution is 2.21. The van der Waals surface area contributed by atoms with Crippen molar-refractivity contribution in [2.24, 2.45) is 11.7 Å². The van der Waals surface area contributed by atoms with Crippen LogP contribution in [0.5, 0.6) is 0 Å². The number of nitrogens with zero attached hydrogens (tertiary/aromatic N) is 2. The summed E-state index contributed by atoms with van der Waals surface area (Å²) in [6.45, 7) is 4.20. The highest BCUT2D eigenvalue weighted by molar-refractivity contribution is 5.83. The van der Waals surface area contributed by atoms with E-state index in [4.69, 9.17) is 5.73 Å². The van der Waals surface area contributed by atoms with Crippen molar-refractivity contribution < 1.29 is 4.79 Å². The molecule has 0 saturated carbocycles. The summed E-state index contributed by atoms with van der Waals surface area (Å²) in [6.07, 6.45) is 4.56. The Morgan fingerprint density at radius 1 is 1.25 bits per heavy atom. The van der Waals surface area contributed by atoms with Crippen molar-refractivity contribution in [1.29, 1.82) is 0 Å². The van der Waals surface area contributed by atoms with E-state index >= 15 is 0 Å². The van der Waals surface area contributed by atoms with E-state index in [0.717, 1.165) is 31.8 Å². The van der Waals surface area contributed by atoms with Gasteiger partial charge in [0.15, 0.2) is 0 Å². The van der Waals surface area contributed by atoms with E-state index in [2.05, 4.69) is 11.9 Å². The van der Waals surface area contributed by atoms with E-state index in [1.165, 1.54) is 25.9 Å². The normalized spacial score (nSPS) is 29.0. The number of rotatable bonds is 3. The summed E-state index contributed by atoms with van der Waals surface area (Å²) in [5, 5.41) is 0. The number of hydrogen-bond donors (Lipinski definition) is 1. The smallest absolute Gasteiger partial charge is 0.239 e. The minimum absolute atomic E-state index is 0.160. The van der Waals surface area contributed by atoms with Crippen molar-refractivity contribution in [3.63, 3.8) is 0 Å². The Morgan fingerprint density at radius 3 is 2.50 bits per heavy atom. The molecular formula is C12H23N3O. The van der Waals surface area contributed by atoms with E-state index < -0.39 is 0 Å². The van der Waals surface area contributed by atoms with Crippen molar-refractivity contribution >= 4 is 5.91 Å². The standard InChI is InChI=1S/C12H23N3O/c1-14-6-2-10(3-7-14)4-8-15-9-5-11(13)12(15)16/h10-11H,2-9,13H2,1H3. The summed E-state index contributed by atoms with van der Waals surface area (Å²) >= 11 is 0. The van der Waals surface area contributed by atoms with E-state index in [1.54, 1.807) is 0 Å². The van der Waals surface area contributed by atoms with Crippen LogP contribution in [-0.4, -0.2) is 55.0 Å². The molecule has 2 saturated heterocycles. The Kier molecular flexibility index (Phi) is 3.82. The Balaban J connectivity index is 1.70. The molecule has 0 spiro atoms. The van der Waals surface area contributed by atoms with Gasteiger partial charge in [-0.15, -0.1) is 0 Å². The van der Waals surface area contributed by atoms with Crippen LogP contribution < -0.4 is 5.73 Å². The molecular weight excluding hydrogens is 202 g/mol. The lowest BCUT2D eigenvalue weighted by Crippen LogP contribution is -2.36. The van der Waals surface area contributed by atoms with Gasteiger partial charge in [0, 0.05) is 13.1 Å². The lowest BCUT2D eigenvalue weighted by atomic mass is 9.94. The van der Waals surface area contributed by atoms with E-state index in [1.807, 2.05) is 4.90 Å². The third-order valence-corrected chi connectivity index (χ3v) is 3.98. The lowest BCUT2D eigenvalue weighted by molar-refractivity contribution is -0.128. The maximum Gasteiger partial charge on any atom is 0.239 e. The zero-order valence-electron chi connectivity index (χ0n) is 10.2. The summed E-state index contributed by atoms with van der Waals surface area (Å²) in [4.78, 5) is 16.0. The van der Waals surface area contributed by atoms with Crippen LogP contribution in [0.1, 0.15) is 25.7 Å². The molecule has 2 aliphatic heterocycles. The summed E-state index contributed by atoms with van der Waals surface area (Å²) < 4.78 is 0. The van der Waals surface area contributed by atoms with Gasteiger partial charge in [-0.25, -0.2) is 0 Å². The van der Waals surface area contributed by atoms with Gasteiger partial charge >= 0.3 is 0 Å². The van der Waals surface area contributed by atoms with Gasteiger partial charge in [0.1, 0.15) is 0 Å². The molecule has 0 bridgehead atoms. The van der Waals surface area contributed by atoms with E-state index in [-0.39, 0.29) is 11.9 Å². The molecule has 1 amide bonds. The molecule has 4 nitrogen and oxygen atoms in total.